The Labute approximate surface area is 135 Å². The molecular weight excluding hydrogens is 288 g/mol. The molecule has 0 bridgehead atoms. The number of nitrogens with zero attached hydrogens (tertiary/aromatic N) is 4. The van der Waals surface area contributed by atoms with Crippen LogP contribution in [0.2, 0.25) is 0 Å². The van der Waals surface area contributed by atoms with Gasteiger partial charge in [-0.25, -0.2) is 4.98 Å². The second-order valence-corrected chi connectivity index (χ2v) is 5.85. The predicted octanol–water partition coefficient (Wildman–Crippen LogP) is 3.16. The van der Waals surface area contributed by atoms with E-state index in [2.05, 4.69) is 50.8 Å². The molecule has 118 valence electrons. The van der Waals surface area contributed by atoms with Crippen LogP contribution >= 0.6 is 0 Å². The molecule has 3 aromatic rings. The van der Waals surface area contributed by atoms with Crippen LogP contribution in [0.25, 0.3) is 11.6 Å². The lowest BCUT2D eigenvalue weighted by molar-refractivity contribution is 0.419. The molecule has 1 aliphatic rings. The van der Waals surface area contributed by atoms with Gasteiger partial charge in [-0.15, -0.1) is 0 Å². The third-order valence-corrected chi connectivity index (χ3v) is 4.45. The Kier molecular flexibility index (Phi) is 3.61. The summed E-state index contributed by atoms with van der Waals surface area (Å²) in [7, 11) is 0. The van der Waals surface area contributed by atoms with Crippen LogP contribution in [0.3, 0.4) is 0 Å². The summed E-state index contributed by atoms with van der Waals surface area (Å²) in [5.41, 5.74) is 3.77. The molecule has 23 heavy (non-hydrogen) atoms. The zero-order valence-electron chi connectivity index (χ0n) is 13.3. The molecule has 0 radical (unpaired) electrons. The van der Waals surface area contributed by atoms with E-state index in [4.69, 9.17) is 4.52 Å². The highest BCUT2D eigenvalue weighted by Gasteiger charge is 2.19. The third kappa shape index (κ3) is 2.63. The third-order valence-electron chi connectivity index (χ3n) is 4.45. The van der Waals surface area contributed by atoms with Gasteiger partial charge in [-0.05, 0) is 24.5 Å². The van der Waals surface area contributed by atoms with E-state index in [-0.39, 0.29) is 0 Å². The molecule has 0 N–H and O–H groups in total. The van der Waals surface area contributed by atoms with Gasteiger partial charge in [0, 0.05) is 43.8 Å². The molecule has 1 aromatic carbocycles. The maximum absolute atomic E-state index is 5.42. The van der Waals surface area contributed by atoms with Gasteiger partial charge in [0.15, 0.2) is 5.82 Å². The smallest absolute Gasteiger partial charge is 0.202 e. The van der Waals surface area contributed by atoms with E-state index in [1.165, 1.54) is 11.3 Å². The summed E-state index contributed by atoms with van der Waals surface area (Å²) in [5.74, 6) is 1.60. The van der Waals surface area contributed by atoms with E-state index in [0.717, 1.165) is 49.8 Å². The summed E-state index contributed by atoms with van der Waals surface area (Å²) >= 11 is 0. The maximum atomic E-state index is 5.42. The zero-order chi connectivity index (χ0) is 15.6. The van der Waals surface area contributed by atoms with E-state index in [9.17, 15) is 0 Å². The van der Waals surface area contributed by atoms with Crippen molar-refractivity contribution in [3.05, 3.63) is 54.0 Å². The molecule has 4 rings (SSSR count). The van der Waals surface area contributed by atoms with E-state index in [1.54, 1.807) is 0 Å². The molecule has 0 fully saturated rings. The Balaban J connectivity index is 1.50. The molecule has 0 saturated heterocycles. The zero-order valence-corrected chi connectivity index (χ0v) is 13.3. The minimum atomic E-state index is 0.744. The number of hydrogen-bond acceptors (Lipinski definition) is 4. The Morgan fingerprint density at radius 1 is 1.22 bits per heavy atom. The molecular formula is C18H20N4O. The second-order valence-electron chi connectivity index (χ2n) is 5.85. The Morgan fingerprint density at radius 2 is 2.13 bits per heavy atom. The van der Waals surface area contributed by atoms with E-state index in [0.29, 0.717) is 0 Å². The molecule has 5 nitrogen and oxygen atoms in total. The highest BCUT2D eigenvalue weighted by molar-refractivity contribution is 5.57. The lowest BCUT2D eigenvalue weighted by Gasteiger charge is -2.20. The lowest BCUT2D eigenvalue weighted by atomic mass is 10.2. The van der Waals surface area contributed by atoms with Gasteiger partial charge < -0.3 is 14.0 Å². The molecule has 0 unspecified atom stereocenters. The number of rotatable bonds is 5. The Morgan fingerprint density at radius 3 is 3.00 bits per heavy atom. The van der Waals surface area contributed by atoms with Gasteiger partial charge in [0.05, 0.1) is 5.69 Å². The van der Waals surface area contributed by atoms with Crippen molar-refractivity contribution in [2.24, 2.45) is 0 Å². The Bertz CT molecular complexity index is 805. The lowest BCUT2D eigenvalue weighted by Crippen LogP contribution is -2.25. The molecule has 0 spiro atoms. The number of anilines is 1. The van der Waals surface area contributed by atoms with E-state index >= 15 is 0 Å². The summed E-state index contributed by atoms with van der Waals surface area (Å²) in [4.78, 5) is 6.88. The van der Waals surface area contributed by atoms with Crippen LogP contribution in [0.4, 0.5) is 5.69 Å². The number of imidazole rings is 1. The van der Waals surface area contributed by atoms with Gasteiger partial charge in [-0.1, -0.05) is 30.3 Å². The largest absolute Gasteiger partial charge is 0.369 e. The van der Waals surface area contributed by atoms with Crippen LogP contribution < -0.4 is 4.90 Å². The number of para-hydroxylation sites is 1. The van der Waals surface area contributed by atoms with Gasteiger partial charge in [0.2, 0.25) is 5.76 Å². The number of hydrogen-bond donors (Lipinski definition) is 0. The second kappa shape index (κ2) is 5.91. The van der Waals surface area contributed by atoms with Gasteiger partial charge in [0.1, 0.15) is 0 Å². The first-order chi connectivity index (χ1) is 11.3. The standard InChI is InChI=1S/C18H20N4O/c1-2-15-13-17(23-20-15)18-19-8-10-22(18)12-11-21-9-7-14-5-3-4-6-16(14)21/h3-6,8,10,13H,2,7,9,11-12H2,1H3. The van der Waals surface area contributed by atoms with Crippen molar-refractivity contribution in [2.75, 3.05) is 18.0 Å². The summed E-state index contributed by atoms with van der Waals surface area (Å²) in [6.07, 6.45) is 5.83. The van der Waals surface area contributed by atoms with Crippen LogP contribution in [0.1, 0.15) is 18.2 Å². The first kappa shape index (κ1) is 14.1. The van der Waals surface area contributed by atoms with Crippen LogP contribution in [-0.4, -0.2) is 27.8 Å². The topological polar surface area (TPSA) is 47.1 Å². The number of fused-ring (bicyclic) bond motifs is 1. The fourth-order valence-electron chi connectivity index (χ4n) is 3.17. The van der Waals surface area contributed by atoms with Crippen molar-refractivity contribution in [2.45, 2.75) is 26.3 Å². The van der Waals surface area contributed by atoms with Gasteiger partial charge >= 0.3 is 0 Å². The van der Waals surface area contributed by atoms with E-state index in [1.807, 2.05) is 18.5 Å². The summed E-state index contributed by atoms with van der Waals surface area (Å²) in [6, 6.07) is 10.6. The number of aromatic nitrogens is 3. The molecule has 2 aromatic heterocycles. The van der Waals surface area contributed by atoms with Crippen molar-refractivity contribution < 1.29 is 4.52 Å². The molecule has 5 heteroatoms. The molecule has 3 heterocycles. The van der Waals surface area contributed by atoms with Crippen LogP contribution in [-0.2, 0) is 19.4 Å². The number of benzene rings is 1. The molecule has 0 aliphatic carbocycles. The van der Waals surface area contributed by atoms with Crippen LogP contribution in [0.5, 0.6) is 0 Å². The van der Waals surface area contributed by atoms with Crippen molar-refractivity contribution in [1.82, 2.24) is 14.7 Å². The average molecular weight is 308 g/mol. The predicted molar refractivity (Wildman–Crippen MR) is 89.5 cm³/mol. The van der Waals surface area contributed by atoms with Gasteiger partial charge in [-0.3, -0.25) is 0 Å². The number of aryl methyl sites for hydroxylation is 1. The maximum Gasteiger partial charge on any atom is 0.202 e. The molecule has 1 aliphatic heterocycles. The SMILES string of the molecule is CCc1cc(-c2nccn2CCN2CCc3ccccc32)on1. The fourth-order valence-corrected chi connectivity index (χ4v) is 3.17. The molecule has 0 atom stereocenters. The minimum Gasteiger partial charge on any atom is -0.369 e. The molecule has 0 saturated carbocycles. The fraction of sp³-hybridized carbons (Fsp3) is 0.333. The summed E-state index contributed by atoms with van der Waals surface area (Å²) in [5, 5.41) is 4.06. The van der Waals surface area contributed by atoms with Crippen molar-refractivity contribution in [3.8, 4) is 11.6 Å². The van der Waals surface area contributed by atoms with Crippen LogP contribution in [0.15, 0.2) is 47.2 Å². The monoisotopic (exact) mass is 308 g/mol. The van der Waals surface area contributed by atoms with Crippen molar-refractivity contribution in [3.63, 3.8) is 0 Å². The first-order valence-corrected chi connectivity index (χ1v) is 8.15. The van der Waals surface area contributed by atoms with Crippen molar-refractivity contribution >= 4 is 5.69 Å². The normalized spacial score (nSPS) is 13.5. The first-order valence-electron chi connectivity index (χ1n) is 8.15. The summed E-state index contributed by atoms with van der Waals surface area (Å²) < 4.78 is 7.56. The quantitative estimate of drug-likeness (QED) is 0.726. The highest BCUT2D eigenvalue weighted by atomic mass is 16.5. The molecule has 0 amide bonds. The van der Waals surface area contributed by atoms with Gasteiger partial charge in [0.25, 0.3) is 0 Å². The Hall–Kier alpha value is -2.56. The minimum absolute atomic E-state index is 0.744. The van der Waals surface area contributed by atoms with Crippen molar-refractivity contribution in [1.29, 1.82) is 0 Å². The average Bonchev–Trinajstić information content (AvgIpc) is 3.31. The summed E-state index contributed by atoms with van der Waals surface area (Å²) in [6.45, 7) is 5.01. The highest BCUT2D eigenvalue weighted by Crippen LogP contribution is 2.27. The van der Waals surface area contributed by atoms with E-state index < -0.39 is 0 Å². The van der Waals surface area contributed by atoms with Gasteiger partial charge in [-0.2, -0.15) is 0 Å². The van der Waals surface area contributed by atoms with Crippen LogP contribution in [0, 0.1) is 0 Å².